The maximum Gasteiger partial charge on any atom is 0.333 e. The number of rotatable bonds is 8. The fraction of sp³-hybridized carbons (Fsp3) is 0.200. The zero-order chi connectivity index (χ0) is 17.4. The minimum absolute atomic E-state index is 0.0666. The first kappa shape index (κ1) is 17.6. The fourth-order valence-electron chi connectivity index (χ4n) is 2.13. The summed E-state index contributed by atoms with van der Waals surface area (Å²) in [6.07, 6.45) is -0.739. The monoisotopic (exact) mass is 324 g/mol. The number of carbonyl (C=O) groups is 2. The zero-order valence-electron chi connectivity index (χ0n) is 13.6. The van der Waals surface area contributed by atoms with E-state index >= 15 is 0 Å². The molecule has 1 unspecified atom stereocenters. The van der Waals surface area contributed by atoms with Gasteiger partial charge in [-0.05, 0) is 12.5 Å². The van der Waals surface area contributed by atoms with Crippen LogP contribution in [0.4, 0.5) is 0 Å². The Morgan fingerprint density at radius 1 is 0.958 bits per heavy atom. The lowest BCUT2D eigenvalue weighted by atomic mass is 10.00. The van der Waals surface area contributed by atoms with E-state index in [-0.39, 0.29) is 19.0 Å². The molecule has 0 aliphatic carbocycles. The number of ketones is 1. The molecule has 2 aromatic carbocycles. The summed E-state index contributed by atoms with van der Waals surface area (Å²) in [4.78, 5) is 24.1. The topological polar surface area (TPSA) is 52.6 Å². The SMILES string of the molecule is C=C(C)C(=O)OCCOC(C(=O)c1ccccc1)c1ccccc1. The van der Waals surface area contributed by atoms with E-state index in [0.29, 0.717) is 11.1 Å². The molecule has 1 atom stereocenters. The van der Waals surface area contributed by atoms with Crippen LogP contribution in [0.25, 0.3) is 0 Å². The van der Waals surface area contributed by atoms with E-state index in [1.54, 1.807) is 19.1 Å². The van der Waals surface area contributed by atoms with E-state index in [0.717, 1.165) is 5.56 Å². The Morgan fingerprint density at radius 2 is 1.54 bits per heavy atom. The van der Waals surface area contributed by atoms with Gasteiger partial charge in [0.25, 0.3) is 0 Å². The van der Waals surface area contributed by atoms with Crippen LogP contribution in [-0.4, -0.2) is 25.0 Å². The quantitative estimate of drug-likeness (QED) is 0.321. The van der Waals surface area contributed by atoms with Gasteiger partial charge in [0.05, 0.1) is 6.61 Å². The van der Waals surface area contributed by atoms with Crippen molar-refractivity contribution in [3.05, 3.63) is 83.9 Å². The lowest BCUT2D eigenvalue weighted by Crippen LogP contribution is -2.19. The molecular formula is C20H20O4. The summed E-state index contributed by atoms with van der Waals surface area (Å²) in [5.41, 5.74) is 1.66. The number of benzene rings is 2. The number of esters is 1. The number of hydrogen-bond acceptors (Lipinski definition) is 4. The normalized spacial score (nSPS) is 11.5. The summed E-state index contributed by atoms with van der Waals surface area (Å²) in [5, 5.41) is 0. The molecule has 0 aromatic heterocycles. The van der Waals surface area contributed by atoms with Crippen molar-refractivity contribution in [1.82, 2.24) is 0 Å². The number of Topliss-reactive ketones (excluding diaryl/α,β-unsaturated/α-hetero) is 1. The molecule has 0 bridgehead atoms. The molecule has 2 rings (SSSR count). The fourth-order valence-corrected chi connectivity index (χ4v) is 2.13. The molecule has 0 saturated carbocycles. The van der Waals surface area contributed by atoms with Crippen molar-refractivity contribution >= 4 is 11.8 Å². The molecular weight excluding hydrogens is 304 g/mol. The summed E-state index contributed by atoms with van der Waals surface area (Å²) >= 11 is 0. The van der Waals surface area contributed by atoms with Crippen molar-refractivity contribution < 1.29 is 19.1 Å². The van der Waals surface area contributed by atoms with E-state index in [1.165, 1.54) is 0 Å². The average Bonchev–Trinajstić information content (AvgIpc) is 2.62. The van der Waals surface area contributed by atoms with Gasteiger partial charge < -0.3 is 9.47 Å². The number of carbonyl (C=O) groups excluding carboxylic acids is 2. The van der Waals surface area contributed by atoms with Crippen molar-refractivity contribution in [1.29, 1.82) is 0 Å². The van der Waals surface area contributed by atoms with Gasteiger partial charge >= 0.3 is 5.97 Å². The molecule has 0 amide bonds. The molecule has 0 radical (unpaired) electrons. The summed E-state index contributed by atoms with van der Waals surface area (Å²) < 4.78 is 10.7. The third-order valence-electron chi connectivity index (χ3n) is 3.35. The average molecular weight is 324 g/mol. The Hall–Kier alpha value is -2.72. The molecule has 0 N–H and O–H groups in total. The van der Waals surface area contributed by atoms with Crippen LogP contribution in [0, 0.1) is 0 Å². The smallest absolute Gasteiger partial charge is 0.333 e. The lowest BCUT2D eigenvalue weighted by molar-refractivity contribution is -0.140. The largest absolute Gasteiger partial charge is 0.460 e. The molecule has 0 fully saturated rings. The van der Waals surface area contributed by atoms with Crippen molar-refractivity contribution in [2.45, 2.75) is 13.0 Å². The second kappa shape index (κ2) is 8.79. The summed E-state index contributed by atoms with van der Waals surface area (Å²) in [7, 11) is 0. The summed E-state index contributed by atoms with van der Waals surface area (Å²) in [6.45, 7) is 5.28. The van der Waals surface area contributed by atoms with Crippen molar-refractivity contribution in [3.63, 3.8) is 0 Å². The maximum atomic E-state index is 12.7. The molecule has 2 aromatic rings. The van der Waals surface area contributed by atoms with E-state index < -0.39 is 12.1 Å². The van der Waals surface area contributed by atoms with Gasteiger partial charge in [-0.15, -0.1) is 0 Å². The molecule has 0 heterocycles. The van der Waals surface area contributed by atoms with Crippen LogP contribution >= 0.6 is 0 Å². The maximum absolute atomic E-state index is 12.7. The highest BCUT2D eigenvalue weighted by atomic mass is 16.6. The summed E-state index contributed by atoms with van der Waals surface area (Å²) in [5.74, 6) is -0.600. The van der Waals surface area contributed by atoms with E-state index in [2.05, 4.69) is 6.58 Å². The van der Waals surface area contributed by atoms with Crippen LogP contribution in [-0.2, 0) is 14.3 Å². The third kappa shape index (κ3) is 4.89. The standard InChI is InChI=1S/C20H20O4/c1-15(2)20(22)24-14-13-23-19(17-11-7-4-8-12-17)18(21)16-9-5-3-6-10-16/h3-12,19H,1,13-14H2,2H3. The number of ether oxygens (including phenoxy) is 2. The van der Waals surface area contributed by atoms with E-state index in [9.17, 15) is 9.59 Å². The highest BCUT2D eigenvalue weighted by molar-refractivity contribution is 6.00. The molecule has 24 heavy (non-hydrogen) atoms. The Kier molecular flexibility index (Phi) is 6.46. The van der Waals surface area contributed by atoms with Crippen molar-refractivity contribution in [2.24, 2.45) is 0 Å². The van der Waals surface area contributed by atoms with Gasteiger partial charge in [-0.2, -0.15) is 0 Å². The van der Waals surface area contributed by atoms with Crippen molar-refractivity contribution in [3.8, 4) is 0 Å². The highest BCUT2D eigenvalue weighted by Gasteiger charge is 2.22. The first-order valence-corrected chi connectivity index (χ1v) is 7.68. The third-order valence-corrected chi connectivity index (χ3v) is 3.35. The molecule has 0 aliphatic heterocycles. The van der Waals surface area contributed by atoms with Crippen LogP contribution in [0.3, 0.4) is 0 Å². The van der Waals surface area contributed by atoms with Crippen molar-refractivity contribution in [2.75, 3.05) is 13.2 Å². The van der Waals surface area contributed by atoms with Crippen LogP contribution in [0.5, 0.6) is 0 Å². The van der Waals surface area contributed by atoms with Crippen LogP contribution in [0.1, 0.15) is 28.9 Å². The Morgan fingerprint density at radius 3 is 2.12 bits per heavy atom. The van der Waals surface area contributed by atoms with Gasteiger partial charge in [0.1, 0.15) is 12.7 Å². The molecule has 0 spiro atoms. The molecule has 124 valence electrons. The Labute approximate surface area is 141 Å². The second-order valence-corrected chi connectivity index (χ2v) is 5.31. The Bertz CT molecular complexity index is 692. The number of hydrogen-bond donors (Lipinski definition) is 0. The zero-order valence-corrected chi connectivity index (χ0v) is 13.6. The minimum atomic E-state index is -0.739. The van der Waals surface area contributed by atoms with Gasteiger partial charge in [0.2, 0.25) is 0 Å². The molecule has 4 nitrogen and oxygen atoms in total. The van der Waals surface area contributed by atoms with Crippen LogP contribution in [0.2, 0.25) is 0 Å². The van der Waals surface area contributed by atoms with E-state index in [1.807, 2.05) is 48.5 Å². The predicted octanol–water partition coefficient (Wildman–Crippen LogP) is 3.75. The summed E-state index contributed by atoms with van der Waals surface area (Å²) in [6, 6.07) is 18.2. The Balaban J connectivity index is 2.06. The van der Waals surface area contributed by atoms with Gasteiger partial charge in [0.15, 0.2) is 5.78 Å². The molecule has 0 aliphatic rings. The second-order valence-electron chi connectivity index (χ2n) is 5.31. The minimum Gasteiger partial charge on any atom is -0.460 e. The van der Waals surface area contributed by atoms with Gasteiger partial charge in [0, 0.05) is 11.1 Å². The highest BCUT2D eigenvalue weighted by Crippen LogP contribution is 2.22. The molecule has 4 heteroatoms. The van der Waals surface area contributed by atoms with Gasteiger partial charge in [-0.1, -0.05) is 67.2 Å². The van der Waals surface area contributed by atoms with E-state index in [4.69, 9.17) is 9.47 Å². The molecule has 0 saturated heterocycles. The first-order chi connectivity index (χ1) is 11.6. The first-order valence-electron chi connectivity index (χ1n) is 7.68. The van der Waals surface area contributed by atoms with Crippen LogP contribution in [0.15, 0.2) is 72.8 Å². The lowest BCUT2D eigenvalue weighted by Gasteiger charge is -2.17. The van der Waals surface area contributed by atoms with Crippen LogP contribution < -0.4 is 0 Å². The van der Waals surface area contributed by atoms with Gasteiger partial charge in [-0.25, -0.2) is 4.79 Å². The predicted molar refractivity (Wildman–Crippen MR) is 91.7 cm³/mol. The van der Waals surface area contributed by atoms with Gasteiger partial charge in [-0.3, -0.25) is 4.79 Å².